The van der Waals surface area contributed by atoms with Crippen LogP contribution in [0.4, 0.5) is 0 Å². The molecule has 3 aromatic carbocycles. The van der Waals surface area contributed by atoms with E-state index in [0.29, 0.717) is 16.7 Å². The van der Waals surface area contributed by atoms with Crippen LogP contribution in [-0.2, 0) is 10.0 Å². The normalized spacial score (nSPS) is 12.0. The Labute approximate surface area is 181 Å². The van der Waals surface area contributed by atoms with Crippen molar-refractivity contribution >= 4 is 31.8 Å². The number of hydrogen-bond donors (Lipinski definition) is 0. The fourth-order valence-electron chi connectivity index (χ4n) is 4.05. The molecule has 0 saturated carbocycles. The molecule has 0 radical (unpaired) electrons. The van der Waals surface area contributed by atoms with E-state index in [0.717, 1.165) is 33.2 Å². The third-order valence-electron chi connectivity index (χ3n) is 5.62. The molecule has 0 aliphatic heterocycles. The van der Waals surface area contributed by atoms with E-state index in [1.807, 2.05) is 87.5 Å². The molecule has 5 heteroatoms. The molecular weight excluding hydrogens is 404 g/mol. The topological polar surface area (TPSA) is 52.0 Å². The summed E-state index contributed by atoms with van der Waals surface area (Å²) in [7, 11) is -3.84. The highest BCUT2D eigenvalue weighted by Crippen LogP contribution is 2.37. The van der Waals surface area contributed by atoms with E-state index in [9.17, 15) is 8.42 Å². The van der Waals surface area contributed by atoms with Crippen molar-refractivity contribution in [1.82, 2.24) is 8.96 Å². The largest absolute Gasteiger partial charge is 0.268 e. The zero-order valence-electron chi connectivity index (χ0n) is 17.6. The highest BCUT2D eigenvalue weighted by molar-refractivity contribution is 7.90. The lowest BCUT2D eigenvalue weighted by molar-refractivity contribution is 0.590. The van der Waals surface area contributed by atoms with Crippen LogP contribution in [-0.4, -0.2) is 17.4 Å². The summed E-state index contributed by atoms with van der Waals surface area (Å²) in [5, 5.41) is 1.78. The number of nitrogens with zero attached hydrogens (tertiary/aromatic N) is 2. The summed E-state index contributed by atoms with van der Waals surface area (Å²) in [4.78, 5) is 5.05. The van der Waals surface area contributed by atoms with E-state index in [1.54, 1.807) is 12.1 Å². The summed E-state index contributed by atoms with van der Waals surface area (Å²) in [5.41, 5.74) is 5.82. The number of aromatic nitrogens is 2. The Morgan fingerprint density at radius 1 is 0.742 bits per heavy atom. The van der Waals surface area contributed by atoms with Crippen molar-refractivity contribution in [3.63, 3.8) is 0 Å². The van der Waals surface area contributed by atoms with Gasteiger partial charge in [-0.05, 0) is 45.0 Å². The number of aryl methyl sites for hydroxylation is 3. The molecule has 154 valence electrons. The molecule has 31 heavy (non-hydrogen) atoms. The zero-order chi connectivity index (χ0) is 21.8. The molecule has 4 nitrogen and oxygen atoms in total. The number of hydrogen-bond acceptors (Lipinski definition) is 3. The molecule has 0 atom stereocenters. The van der Waals surface area contributed by atoms with Gasteiger partial charge in [0.2, 0.25) is 0 Å². The van der Waals surface area contributed by atoms with Gasteiger partial charge >= 0.3 is 0 Å². The van der Waals surface area contributed by atoms with Gasteiger partial charge in [0.15, 0.2) is 0 Å². The third-order valence-corrected chi connectivity index (χ3v) is 7.35. The first-order valence-corrected chi connectivity index (χ1v) is 11.6. The van der Waals surface area contributed by atoms with Gasteiger partial charge in [0.1, 0.15) is 0 Å². The molecule has 2 heterocycles. The summed E-state index contributed by atoms with van der Waals surface area (Å²) < 4.78 is 29.2. The van der Waals surface area contributed by atoms with E-state index in [4.69, 9.17) is 4.98 Å². The lowest BCUT2D eigenvalue weighted by Gasteiger charge is -2.13. The number of para-hydroxylation sites is 1. The second kappa shape index (κ2) is 7.06. The maximum atomic E-state index is 13.9. The Balaban J connectivity index is 1.95. The van der Waals surface area contributed by atoms with E-state index in [2.05, 4.69) is 0 Å². The predicted octanol–water partition coefficient (Wildman–Crippen LogP) is 6.02. The molecule has 0 N–H and O–H groups in total. The summed E-state index contributed by atoms with van der Waals surface area (Å²) in [5.74, 6) is 0. The first-order valence-electron chi connectivity index (χ1n) is 10.2. The average Bonchev–Trinajstić information content (AvgIpc) is 3.09. The minimum absolute atomic E-state index is 0.260. The SMILES string of the molecule is Cc1ccc(-c2nc(C)cc3c4ccccc4n(S(=O)(=O)c4ccc(C)cc4)c23)cc1. The van der Waals surface area contributed by atoms with Crippen LogP contribution in [0.3, 0.4) is 0 Å². The van der Waals surface area contributed by atoms with Gasteiger partial charge < -0.3 is 0 Å². The van der Waals surface area contributed by atoms with Crippen LogP contribution in [0, 0.1) is 20.8 Å². The van der Waals surface area contributed by atoms with Gasteiger partial charge in [-0.1, -0.05) is 65.7 Å². The van der Waals surface area contributed by atoms with Gasteiger partial charge in [0, 0.05) is 22.0 Å². The average molecular weight is 427 g/mol. The molecule has 0 saturated heterocycles. The van der Waals surface area contributed by atoms with Gasteiger partial charge in [0.25, 0.3) is 10.0 Å². The number of benzene rings is 3. The minimum atomic E-state index is -3.84. The van der Waals surface area contributed by atoms with E-state index in [-0.39, 0.29) is 4.90 Å². The Morgan fingerprint density at radius 2 is 1.35 bits per heavy atom. The third kappa shape index (κ3) is 3.13. The second-order valence-corrected chi connectivity index (χ2v) is 9.76. The Bertz CT molecular complexity index is 1550. The molecule has 5 rings (SSSR count). The molecular formula is C26H22N2O2S. The minimum Gasteiger partial charge on any atom is -0.251 e. The van der Waals surface area contributed by atoms with Crippen LogP contribution in [0.15, 0.2) is 83.8 Å². The lowest BCUT2D eigenvalue weighted by Crippen LogP contribution is -2.13. The standard InChI is InChI=1S/C26H22N2O2S/c1-17-8-12-20(13-9-17)25-26-23(16-19(3)27-25)22-6-4-5-7-24(22)28(26)31(29,30)21-14-10-18(2)11-15-21/h4-16H,1-3H3. The maximum Gasteiger partial charge on any atom is 0.268 e. The van der Waals surface area contributed by atoms with Crippen molar-refractivity contribution in [3.05, 3.63) is 95.7 Å². The molecule has 2 aromatic heterocycles. The van der Waals surface area contributed by atoms with Crippen LogP contribution >= 0.6 is 0 Å². The van der Waals surface area contributed by atoms with Crippen LogP contribution in [0.2, 0.25) is 0 Å². The molecule has 0 unspecified atom stereocenters. The highest BCUT2D eigenvalue weighted by Gasteiger charge is 2.26. The molecule has 0 spiro atoms. The molecule has 0 fully saturated rings. The molecule has 5 aromatic rings. The quantitative estimate of drug-likeness (QED) is 0.354. The van der Waals surface area contributed by atoms with E-state index >= 15 is 0 Å². The molecule has 0 bridgehead atoms. The maximum absolute atomic E-state index is 13.9. The number of rotatable bonds is 3. The summed E-state index contributed by atoms with van der Waals surface area (Å²) in [6, 6.07) is 24.6. The Morgan fingerprint density at radius 3 is 2.03 bits per heavy atom. The van der Waals surface area contributed by atoms with Gasteiger partial charge in [-0.15, -0.1) is 0 Å². The van der Waals surface area contributed by atoms with Crippen molar-refractivity contribution in [2.75, 3.05) is 0 Å². The summed E-state index contributed by atoms with van der Waals surface area (Å²) in [6.45, 7) is 5.92. The summed E-state index contributed by atoms with van der Waals surface area (Å²) >= 11 is 0. The fraction of sp³-hybridized carbons (Fsp3) is 0.115. The van der Waals surface area contributed by atoms with Gasteiger partial charge in [-0.2, -0.15) is 0 Å². The molecule has 0 amide bonds. The van der Waals surface area contributed by atoms with Crippen LogP contribution in [0.1, 0.15) is 16.8 Å². The Kier molecular flexibility index (Phi) is 4.45. The lowest BCUT2D eigenvalue weighted by atomic mass is 10.1. The molecule has 0 aliphatic carbocycles. The monoisotopic (exact) mass is 426 g/mol. The highest BCUT2D eigenvalue weighted by atomic mass is 32.2. The molecule has 0 aliphatic rings. The number of fused-ring (bicyclic) bond motifs is 3. The van der Waals surface area contributed by atoms with E-state index in [1.165, 1.54) is 3.97 Å². The predicted molar refractivity (Wildman–Crippen MR) is 126 cm³/mol. The number of pyridine rings is 1. The van der Waals surface area contributed by atoms with Crippen molar-refractivity contribution in [1.29, 1.82) is 0 Å². The fourth-order valence-corrected chi connectivity index (χ4v) is 5.59. The van der Waals surface area contributed by atoms with Gasteiger partial charge in [0.05, 0.1) is 21.6 Å². The van der Waals surface area contributed by atoms with E-state index < -0.39 is 10.0 Å². The zero-order valence-corrected chi connectivity index (χ0v) is 18.4. The van der Waals surface area contributed by atoms with Crippen molar-refractivity contribution in [2.24, 2.45) is 0 Å². The first-order chi connectivity index (χ1) is 14.9. The first kappa shape index (κ1) is 19.5. The second-order valence-electron chi connectivity index (χ2n) is 7.97. The van der Waals surface area contributed by atoms with Crippen molar-refractivity contribution < 1.29 is 8.42 Å². The van der Waals surface area contributed by atoms with Gasteiger partial charge in [-0.3, -0.25) is 4.98 Å². The smallest absolute Gasteiger partial charge is 0.251 e. The van der Waals surface area contributed by atoms with Crippen molar-refractivity contribution in [2.45, 2.75) is 25.7 Å². The van der Waals surface area contributed by atoms with Crippen LogP contribution < -0.4 is 0 Å². The van der Waals surface area contributed by atoms with Gasteiger partial charge in [-0.25, -0.2) is 12.4 Å². The van der Waals surface area contributed by atoms with Crippen molar-refractivity contribution in [3.8, 4) is 11.3 Å². The van der Waals surface area contributed by atoms with Crippen LogP contribution in [0.25, 0.3) is 33.1 Å². The van der Waals surface area contributed by atoms with Crippen LogP contribution in [0.5, 0.6) is 0 Å². The summed E-state index contributed by atoms with van der Waals surface area (Å²) in [6.07, 6.45) is 0. The Hall–Kier alpha value is -3.44.